The van der Waals surface area contributed by atoms with Crippen LogP contribution in [0.15, 0.2) is 54.9 Å². The number of pyridine rings is 1. The Balaban J connectivity index is 1.77. The van der Waals surface area contributed by atoms with Crippen LogP contribution in [-0.2, 0) is 17.8 Å². The fourth-order valence-corrected chi connectivity index (χ4v) is 2.95. The topological polar surface area (TPSA) is 83.7 Å². The average molecular weight is 410 g/mol. The number of benzene rings is 2. The average Bonchev–Trinajstić information content (AvgIpc) is 2.74. The summed E-state index contributed by atoms with van der Waals surface area (Å²) in [7, 11) is 1.60. The van der Waals surface area contributed by atoms with Crippen LogP contribution in [0.5, 0.6) is 17.2 Å². The molecule has 1 aromatic heterocycles. The first-order valence-electron chi connectivity index (χ1n) is 9.44. The normalized spacial score (nSPS) is 10.5. The predicted molar refractivity (Wildman–Crippen MR) is 111 cm³/mol. The summed E-state index contributed by atoms with van der Waals surface area (Å²) in [6, 6.07) is 11.9. The summed E-state index contributed by atoms with van der Waals surface area (Å²) in [6.07, 6.45) is 3.07. The second-order valence-corrected chi connectivity index (χ2v) is 6.55. The summed E-state index contributed by atoms with van der Waals surface area (Å²) in [4.78, 5) is 15.2. The van der Waals surface area contributed by atoms with Gasteiger partial charge in [0.25, 0.3) is 0 Å². The molecule has 30 heavy (non-hydrogen) atoms. The lowest BCUT2D eigenvalue weighted by Gasteiger charge is -2.13. The smallest absolute Gasteiger partial charge is 0.221 e. The van der Waals surface area contributed by atoms with E-state index < -0.39 is 11.7 Å². The van der Waals surface area contributed by atoms with Crippen LogP contribution in [0.4, 0.5) is 4.39 Å². The summed E-state index contributed by atoms with van der Waals surface area (Å²) in [5.41, 5.74) is 7.58. The van der Waals surface area contributed by atoms with Gasteiger partial charge in [-0.25, -0.2) is 4.39 Å². The zero-order valence-corrected chi connectivity index (χ0v) is 16.9. The molecule has 0 bridgehead atoms. The van der Waals surface area contributed by atoms with E-state index in [0.29, 0.717) is 35.0 Å². The van der Waals surface area contributed by atoms with Crippen LogP contribution in [0.1, 0.15) is 18.1 Å². The molecule has 0 aliphatic rings. The van der Waals surface area contributed by atoms with Crippen molar-refractivity contribution in [1.82, 2.24) is 4.98 Å². The Morgan fingerprint density at radius 2 is 1.80 bits per heavy atom. The van der Waals surface area contributed by atoms with E-state index in [0.717, 1.165) is 5.56 Å². The Morgan fingerprint density at radius 3 is 2.50 bits per heavy atom. The molecular formula is C23H23FN2O4. The van der Waals surface area contributed by atoms with Gasteiger partial charge in [0, 0.05) is 23.4 Å². The van der Waals surface area contributed by atoms with E-state index in [9.17, 15) is 9.18 Å². The first-order chi connectivity index (χ1) is 14.5. The number of halogens is 1. The van der Waals surface area contributed by atoms with E-state index in [4.69, 9.17) is 19.9 Å². The number of aromatic nitrogens is 1. The summed E-state index contributed by atoms with van der Waals surface area (Å²) in [5, 5.41) is 0. The first-order valence-corrected chi connectivity index (χ1v) is 9.44. The minimum atomic E-state index is -0.580. The number of ether oxygens (including phenoxy) is 3. The highest BCUT2D eigenvalue weighted by atomic mass is 19.1. The Labute approximate surface area is 174 Å². The zero-order valence-electron chi connectivity index (χ0n) is 16.9. The Morgan fingerprint density at radius 1 is 1.00 bits per heavy atom. The van der Waals surface area contributed by atoms with Gasteiger partial charge in [-0.3, -0.25) is 9.78 Å². The molecule has 156 valence electrons. The summed E-state index contributed by atoms with van der Waals surface area (Å²) < 4.78 is 31.0. The van der Waals surface area contributed by atoms with Crippen molar-refractivity contribution >= 4 is 5.91 Å². The molecule has 0 saturated heterocycles. The maximum Gasteiger partial charge on any atom is 0.221 e. The van der Waals surface area contributed by atoms with Crippen LogP contribution in [-0.4, -0.2) is 24.6 Å². The number of hydrogen-bond donors (Lipinski definition) is 1. The fraction of sp³-hybridized carbons (Fsp3) is 0.217. The van der Waals surface area contributed by atoms with Gasteiger partial charge < -0.3 is 19.9 Å². The third-order valence-corrected chi connectivity index (χ3v) is 4.43. The van der Waals surface area contributed by atoms with Crippen LogP contribution in [0.25, 0.3) is 11.1 Å². The number of nitrogens with two attached hydrogens (primary N) is 1. The van der Waals surface area contributed by atoms with Gasteiger partial charge in [0.1, 0.15) is 29.7 Å². The summed E-state index contributed by atoms with van der Waals surface area (Å²) in [6.45, 7) is 2.70. The van der Waals surface area contributed by atoms with Crippen LogP contribution < -0.4 is 19.9 Å². The molecule has 0 atom stereocenters. The quantitative estimate of drug-likeness (QED) is 0.578. The summed E-state index contributed by atoms with van der Waals surface area (Å²) >= 11 is 0. The van der Waals surface area contributed by atoms with Crippen LogP contribution in [0, 0.1) is 5.82 Å². The molecule has 0 aliphatic carbocycles. The van der Waals surface area contributed by atoms with Crippen molar-refractivity contribution in [2.75, 3.05) is 13.7 Å². The van der Waals surface area contributed by atoms with Crippen molar-refractivity contribution in [2.45, 2.75) is 20.0 Å². The zero-order chi connectivity index (χ0) is 21.5. The monoisotopic (exact) mass is 410 g/mol. The Kier molecular flexibility index (Phi) is 6.85. The minimum absolute atomic E-state index is 0.141. The number of nitrogens with zero attached hydrogens (tertiary/aromatic N) is 1. The lowest BCUT2D eigenvalue weighted by Crippen LogP contribution is -2.14. The van der Waals surface area contributed by atoms with Gasteiger partial charge in [0.05, 0.1) is 26.3 Å². The van der Waals surface area contributed by atoms with Gasteiger partial charge in [-0.2, -0.15) is 0 Å². The van der Waals surface area contributed by atoms with E-state index in [2.05, 4.69) is 4.98 Å². The molecule has 6 nitrogen and oxygen atoms in total. The van der Waals surface area contributed by atoms with Crippen LogP contribution in [0.2, 0.25) is 0 Å². The second-order valence-electron chi connectivity index (χ2n) is 6.55. The first kappa shape index (κ1) is 21.1. The third-order valence-electron chi connectivity index (χ3n) is 4.43. The van der Waals surface area contributed by atoms with Crippen molar-refractivity contribution in [2.24, 2.45) is 5.73 Å². The molecule has 3 aromatic rings. The van der Waals surface area contributed by atoms with Gasteiger partial charge in [0.15, 0.2) is 0 Å². The number of rotatable bonds is 9. The second kappa shape index (κ2) is 9.73. The maximum absolute atomic E-state index is 14.3. The molecule has 3 rings (SSSR count). The van der Waals surface area contributed by atoms with E-state index in [1.54, 1.807) is 37.7 Å². The third kappa shape index (κ3) is 5.26. The minimum Gasteiger partial charge on any atom is -0.497 e. The van der Waals surface area contributed by atoms with E-state index in [1.807, 2.05) is 25.1 Å². The molecule has 1 amide bonds. The number of methoxy groups -OCH3 is 1. The van der Waals surface area contributed by atoms with Gasteiger partial charge in [-0.15, -0.1) is 0 Å². The Bertz CT molecular complexity index is 1040. The van der Waals surface area contributed by atoms with Crippen LogP contribution in [0.3, 0.4) is 0 Å². The van der Waals surface area contributed by atoms with Crippen molar-refractivity contribution in [1.29, 1.82) is 0 Å². The van der Waals surface area contributed by atoms with E-state index in [1.165, 1.54) is 6.07 Å². The van der Waals surface area contributed by atoms with Crippen molar-refractivity contribution in [3.05, 3.63) is 71.8 Å². The molecule has 0 radical (unpaired) electrons. The highest BCUT2D eigenvalue weighted by Crippen LogP contribution is 2.28. The lowest BCUT2D eigenvalue weighted by atomic mass is 10.0. The van der Waals surface area contributed by atoms with Crippen molar-refractivity contribution in [3.8, 4) is 28.4 Å². The molecule has 2 aromatic carbocycles. The number of carbonyl (C=O) groups is 1. The molecule has 7 heteroatoms. The van der Waals surface area contributed by atoms with Gasteiger partial charge in [-0.1, -0.05) is 12.1 Å². The number of primary amides is 1. The van der Waals surface area contributed by atoms with Gasteiger partial charge in [-0.05, 0) is 42.3 Å². The molecule has 0 spiro atoms. The molecule has 1 heterocycles. The standard InChI is InChI=1S/C23H23FN2O4/c1-3-29-22-11-19(28-2)7-6-17(22)14-30-20-8-18(12-26-13-20)15-4-5-16(10-23(25)27)21(24)9-15/h4-9,11-13H,3,10,14H2,1-2H3,(H2,25,27). The molecule has 0 saturated carbocycles. The number of hydrogen-bond acceptors (Lipinski definition) is 5. The van der Waals surface area contributed by atoms with Crippen LogP contribution >= 0.6 is 0 Å². The van der Waals surface area contributed by atoms with E-state index in [-0.39, 0.29) is 18.6 Å². The molecule has 0 unspecified atom stereocenters. The van der Waals surface area contributed by atoms with Gasteiger partial charge >= 0.3 is 0 Å². The molecular weight excluding hydrogens is 387 g/mol. The highest BCUT2D eigenvalue weighted by Gasteiger charge is 2.10. The SMILES string of the molecule is CCOc1cc(OC)ccc1COc1cncc(-c2ccc(CC(N)=O)c(F)c2)c1. The van der Waals surface area contributed by atoms with Gasteiger partial charge in [0.2, 0.25) is 5.91 Å². The predicted octanol–water partition coefficient (Wildman–Crippen LogP) is 3.90. The van der Waals surface area contributed by atoms with E-state index >= 15 is 0 Å². The Hall–Kier alpha value is -3.61. The maximum atomic E-state index is 14.3. The fourth-order valence-electron chi connectivity index (χ4n) is 2.95. The lowest BCUT2D eigenvalue weighted by molar-refractivity contribution is -0.117. The van der Waals surface area contributed by atoms with Crippen molar-refractivity contribution < 1.29 is 23.4 Å². The summed E-state index contributed by atoms with van der Waals surface area (Å²) in [5.74, 6) is 0.856. The molecule has 0 fully saturated rings. The molecule has 2 N–H and O–H groups in total. The van der Waals surface area contributed by atoms with Crippen molar-refractivity contribution in [3.63, 3.8) is 0 Å². The number of carbonyl (C=O) groups excluding carboxylic acids is 1. The molecule has 0 aliphatic heterocycles. The largest absolute Gasteiger partial charge is 0.497 e. The highest BCUT2D eigenvalue weighted by molar-refractivity contribution is 5.77. The number of amides is 1.